The van der Waals surface area contributed by atoms with Crippen LogP contribution >= 0.6 is 0 Å². The molecule has 0 bridgehead atoms. The number of morpholine rings is 1. The fraction of sp³-hybridized carbons (Fsp3) is 0.500. The van der Waals surface area contributed by atoms with Crippen molar-refractivity contribution in [3.05, 3.63) is 18.2 Å². The predicted molar refractivity (Wildman–Crippen MR) is 104 cm³/mol. The van der Waals surface area contributed by atoms with Gasteiger partial charge in [-0.2, -0.15) is 4.98 Å². The number of aromatic nitrogens is 6. The molecule has 1 saturated heterocycles. The van der Waals surface area contributed by atoms with Gasteiger partial charge in [-0.1, -0.05) is 6.92 Å². The van der Waals surface area contributed by atoms with E-state index < -0.39 is 0 Å². The zero-order valence-corrected chi connectivity index (χ0v) is 15.9. The maximum atomic E-state index is 5.73. The van der Waals surface area contributed by atoms with E-state index in [4.69, 9.17) is 20.4 Å². The average Bonchev–Trinajstić information content (AvgIpc) is 3.11. The summed E-state index contributed by atoms with van der Waals surface area (Å²) in [5.41, 5.74) is 9.64. The molecule has 0 aromatic carbocycles. The number of fused-ring (bicyclic) bond motifs is 1. The quantitative estimate of drug-likeness (QED) is 0.745. The Kier molecular flexibility index (Phi) is 4.61. The molecule has 1 aliphatic rings. The average molecular weight is 368 g/mol. The van der Waals surface area contributed by atoms with Gasteiger partial charge < -0.3 is 19.9 Å². The van der Waals surface area contributed by atoms with Crippen molar-refractivity contribution in [3.8, 4) is 11.3 Å². The van der Waals surface area contributed by atoms with Crippen LogP contribution in [-0.2, 0) is 4.74 Å². The number of hydrogen-bond acceptors (Lipinski definition) is 8. The summed E-state index contributed by atoms with van der Waals surface area (Å²) in [5.74, 6) is 0.933. The molecule has 1 aliphatic heterocycles. The monoisotopic (exact) mass is 368 g/mol. The third kappa shape index (κ3) is 3.18. The normalized spacial score (nSPS) is 16.0. The van der Waals surface area contributed by atoms with Gasteiger partial charge in [0.25, 0.3) is 0 Å². The maximum Gasteiger partial charge on any atom is 0.228 e. The van der Waals surface area contributed by atoms with Crippen LogP contribution in [0.15, 0.2) is 12.5 Å². The molecule has 1 atom stereocenters. The van der Waals surface area contributed by atoms with Crippen LogP contribution in [0.2, 0.25) is 0 Å². The molecule has 0 radical (unpaired) electrons. The summed E-state index contributed by atoms with van der Waals surface area (Å²) in [6.45, 7) is 9.09. The lowest BCUT2D eigenvalue weighted by Crippen LogP contribution is -2.37. The van der Waals surface area contributed by atoms with Crippen molar-refractivity contribution >= 4 is 23.1 Å². The lowest BCUT2D eigenvalue weighted by Gasteiger charge is -2.27. The first-order chi connectivity index (χ1) is 13.1. The van der Waals surface area contributed by atoms with Crippen LogP contribution in [0, 0.1) is 6.92 Å². The van der Waals surface area contributed by atoms with Gasteiger partial charge in [-0.15, -0.1) is 0 Å². The summed E-state index contributed by atoms with van der Waals surface area (Å²) < 4.78 is 7.58. The van der Waals surface area contributed by atoms with Crippen LogP contribution in [0.1, 0.15) is 32.0 Å². The highest BCUT2D eigenvalue weighted by Crippen LogP contribution is 2.30. The van der Waals surface area contributed by atoms with Gasteiger partial charge in [-0.05, 0) is 20.3 Å². The number of hydrogen-bond donors (Lipinski definition) is 1. The highest BCUT2D eigenvalue weighted by Gasteiger charge is 2.22. The second-order valence-corrected chi connectivity index (χ2v) is 6.78. The van der Waals surface area contributed by atoms with Gasteiger partial charge in [0.15, 0.2) is 5.65 Å². The third-order valence-electron chi connectivity index (χ3n) is 5.02. The molecular weight excluding hydrogens is 344 g/mol. The van der Waals surface area contributed by atoms with Gasteiger partial charge in [-0.25, -0.2) is 19.9 Å². The molecule has 27 heavy (non-hydrogen) atoms. The number of anilines is 2. The molecule has 0 aliphatic carbocycles. The number of rotatable bonds is 4. The van der Waals surface area contributed by atoms with E-state index in [0.29, 0.717) is 25.2 Å². The Morgan fingerprint density at radius 2 is 1.96 bits per heavy atom. The standard InChI is InChI=1S/C18H24N8O/c1-4-11(2)26-10-21-15-14(13-9-20-17(19)22-12(13)3)23-18(24-16(15)26)25-5-7-27-8-6-25/h9-11H,4-8H2,1-3H3,(H2,19,20,22). The molecule has 1 unspecified atom stereocenters. The Balaban J connectivity index is 1.94. The molecular formula is C18H24N8O. The van der Waals surface area contributed by atoms with Crippen molar-refractivity contribution in [2.75, 3.05) is 36.9 Å². The highest BCUT2D eigenvalue weighted by molar-refractivity contribution is 5.89. The Morgan fingerprint density at radius 3 is 2.67 bits per heavy atom. The van der Waals surface area contributed by atoms with E-state index in [1.807, 2.05) is 13.3 Å². The fourth-order valence-electron chi connectivity index (χ4n) is 3.23. The van der Waals surface area contributed by atoms with Crippen LogP contribution < -0.4 is 10.6 Å². The van der Waals surface area contributed by atoms with E-state index >= 15 is 0 Å². The van der Waals surface area contributed by atoms with E-state index in [-0.39, 0.29) is 5.95 Å². The van der Waals surface area contributed by atoms with Gasteiger partial charge in [0, 0.05) is 30.9 Å². The second-order valence-electron chi connectivity index (χ2n) is 6.78. The zero-order chi connectivity index (χ0) is 19.0. The summed E-state index contributed by atoms with van der Waals surface area (Å²) in [6.07, 6.45) is 4.54. The van der Waals surface area contributed by atoms with Gasteiger partial charge in [-0.3, -0.25) is 0 Å². The van der Waals surface area contributed by atoms with Crippen molar-refractivity contribution in [2.24, 2.45) is 0 Å². The maximum absolute atomic E-state index is 5.73. The molecule has 4 heterocycles. The van der Waals surface area contributed by atoms with Crippen molar-refractivity contribution in [1.82, 2.24) is 29.5 Å². The van der Waals surface area contributed by atoms with Crippen LogP contribution in [0.4, 0.5) is 11.9 Å². The second kappa shape index (κ2) is 7.07. The Morgan fingerprint density at radius 1 is 1.19 bits per heavy atom. The van der Waals surface area contributed by atoms with E-state index in [0.717, 1.165) is 47.6 Å². The third-order valence-corrected chi connectivity index (χ3v) is 5.02. The Labute approximate surface area is 157 Å². The molecule has 0 spiro atoms. The molecule has 2 N–H and O–H groups in total. The van der Waals surface area contributed by atoms with E-state index in [2.05, 4.69) is 38.3 Å². The topological polar surface area (TPSA) is 108 Å². The number of nitrogen functional groups attached to an aromatic ring is 1. The number of nitrogens with two attached hydrogens (primary N) is 1. The minimum atomic E-state index is 0.250. The first-order valence-corrected chi connectivity index (χ1v) is 9.25. The van der Waals surface area contributed by atoms with E-state index in [1.54, 1.807) is 6.20 Å². The smallest absolute Gasteiger partial charge is 0.228 e. The fourth-order valence-corrected chi connectivity index (χ4v) is 3.23. The summed E-state index contributed by atoms with van der Waals surface area (Å²) in [5, 5.41) is 0. The van der Waals surface area contributed by atoms with Crippen molar-refractivity contribution in [2.45, 2.75) is 33.2 Å². The molecule has 142 valence electrons. The number of aryl methyl sites for hydroxylation is 1. The largest absolute Gasteiger partial charge is 0.378 e. The molecule has 3 aromatic rings. The van der Waals surface area contributed by atoms with Crippen LogP contribution in [-0.4, -0.2) is 55.8 Å². The first-order valence-electron chi connectivity index (χ1n) is 9.25. The Hall–Kier alpha value is -2.81. The molecule has 3 aromatic heterocycles. The van der Waals surface area contributed by atoms with Crippen LogP contribution in [0.5, 0.6) is 0 Å². The predicted octanol–water partition coefficient (Wildman–Crippen LogP) is 1.98. The lowest BCUT2D eigenvalue weighted by atomic mass is 10.1. The SMILES string of the molecule is CCC(C)n1cnc2c(-c3cnc(N)nc3C)nc(N3CCOCC3)nc21. The Bertz CT molecular complexity index is 963. The molecule has 9 heteroatoms. The molecule has 1 fully saturated rings. The van der Waals surface area contributed by atoms with Gasteiger partial charge >= 0.3 is 0 Å². The van der Waals surface area contributed by atoms with Crippen LogP contribution in [0.25, 0.3) is 22.4 Å². The molecule has 4 rings (SSSR count). The summed E-state index contributed by atoms with van der Waals surface area (Å²) in [7, 11) is 0. The van der Waals surface area contributed by atoms with Crippen molar-refractivity contribution in [3.63, 3.8) is 0 Å². The number of ether oxygens (including phenoxy) is 1. The molecule has 0 saturated carbocycles. The van der Waals surface area contributed by atoms with Gasteiger partial charge in [0.05, 0.1) is 25.2 Å². The van der Waals surface area contributed by atoms with Gasteiger partial charge in [0.2, 0.25) is 11.9 Å². The minimum Gasteiger partial charge on any atom is -0.378 e. The van der Waals surface area contributed by atoms with Crippen molar-refractivity contribution in [1.29, 1.82) is 0 Å². The van der Waals surface area contributed by atoms with Crippen LogP contribution in [0.3, 0.4) is 0 Å². The lowest BCUT2D eigenvalue weighted by molar-refractivity contribution is 0.122. The molecule has 0 amide bonds. The summed E-state index contributed by atoms with van der Waals surface area (Å²) >= 11 is 0. The first kappa shape index (κ1) is 17.6. The number of imidazole rings is 1. The summed E-state index contributed by atoms with van der Waals surface area (Å²) in [4.78, 5) is 24.9. The highest BCUT2D eigenvalue weighted by atomic mass is 16.5. The molecule has 9 nitrogen and oxygen atoms in total. The van der Waals surface area contributed by atoms with Gasteiger partial charge in [0.1, 0.15) is 11.2 Å². The van der Waals surface area contributed by atoms with E-state index in [1.165, 1.54) is 0 Å². The minimum absolute atomic E-state index is 0.250. The summed E-state index contributed by atoms with van der Waals surface area (Å²) in [6, 6.07) is 0.291. The number of nitrogens with zero attached hydrogens (tertiary/aromatic N) is 7. The zero-order valence-electron chi connectivity index (χ0n) is 15.9. The van der Waals surface area contributed by atoms with E-state index in [9.17, 15) is 0 Å². The van der Waals surface area contributed by atoms with Crippen molar-refractivity contribution < 1.29 is 4.74 Å².